The molecule has 0 bridgehead atoms. The van der Waals surface area contributed by atoms with Gasteiger partial charge in [-0.3, -0.25) is 0 Å². The van der Waals surface area contributed by atoms with Crippen molar-refractivity contribution in [2.24, 2.45) is 0 Å². The molecule has 0 amide bonds. The number of para-hydroxylation sites is 2. The van der Waals surface area contributed by atoms with E-state index in [0.29, 0.717) is 0 Å². The summed E-state index contributed by atoms with van der Waals surface area (Å²) in [6, 6.07) is 17.0. The maximum absolute atomic E-state index is 4.82. The summed E-state index contributed by atoms with van der Waals surface area (Å²) in [5.41, 5.74) is 3.69. The molecular formula is C20H24BrN3. The van der Waals surface area contributed by atoms with Gasteiger partial charge < -0.3 is 9.88 Å². The van der Waals surface area contributed by atoms with Gasteiger partial charge in [-0.15, -0.1) is 0 Å². The van der Waals surface area contributed by atoms with Gasteiger partial charge in [0.1, 0.15) is 5.82 Å². The molecular weight excluding hydrogens is 362 g/mol. The minimum absolute atomic E-state index is 0.814. The third-order valence-corrected chi connectivity index (χ3v) is 4.78. The van der Waals surface area contributed by atoms with E-state index in [9.17, 15) is 0 Å². The Labute approximate surface area is 152 Å². The first-order valence-electron chi connectivity index (χ1n) is 8.67. The van der Waals surface area contributed by atoms with Crippen LogP contribution in [0.3, 0.4) is 0 Å². The predicted molar refractivity (Wildman–Crippen MR) is 104 cm³/mol. The first-order valence-corrected chi connectivity index (χ1v) is 9.46. The van der Waals surface area contributed by atoms with Gasteiger partial charge in [0.2, 0.25) is 0 Å². The molecule has 3 nitrogen and oxygen atoms in total. The van der Waals surface area contributed by atoms with Gasteiger partial charge in [0.25, 0.3) is 0 Å². The Morgan fingerprint density at radius 2 is 1.88 bits per heavy atom. The lowest BCUT2D eigenvalue weighted by Crippen LogP contribution is -2.19. The van der Waals surface area contributed by atoms with Gasteiger partial charge in [0, 0.05) is 11.0 Å². The molecule has 0 radical (unpaired) electrons. The lowest BCUT2D eigenvalue weighted by atomic mass is 10.1. The molecule has 0 spiro atoms. The SMILES string of the molecule is CCCCn1c(CNCCc2ccc(Br)cc2)nc2ccccc21. The number of halogens is 1. The van der Waals surface area contributed by atoms with Crippen LogP contribution in [0, 0.1) is 0 Å². The van der Waals surface area contributed by atoms with Crippen molar-refractivity contribution >= 4 is 27.0 Å². The molecule has 0 unspecified atom stereocenters. The van der Waals surface area contributed by atoms with Gasteiger partial charge >= 0.3 is 0 Å². The lowest BCUT2D eigenvalue weighted by molar-refractivity contribution is 0.581. The standard InChI is InChI=1S/C20H24BrN3/c1-2-3-14-24-19-7-5-4-6-18(19)23-20(24)15-22-13-12-16-8-10-17(21)11-9-16/h4-11,22H,2-3,12-15H2,1H3. The molecule has 0 aliphatic heterocycles. The van der Waals surface area contributed by atoms with Crippen molar-refractivity contribution in [1.82, 2.24) is 14.9 Å². The number of unbranched alkanes of at least 4 members (excludes halogenated alkanes) is 1. The van der Waals surface area contributed by atoms with Crippen LogP contribution in [-0.4, -0.2) is 16.1 Å². The summed E-state index contributed by atoms with van der Waals surface area (Å²) in [4.78, 5) is 4.82. The quantitative estimate of drug-likeness (QED) is 0.557. The van der Waals surface area contributed by atoms with Crippen molar-refractivity contribution in [1.29, 1.82) is 0 Å². The lowest BCUT2D eigenvalue weighted by Gasteiger charge is -2.09. The molecule has 24 heavy (non-hydrogen) atoms. The Bertz CT molecular complexity index is 777. The van der Waals surface area contributed by atoms with Crippen molar-refractivity contribution in [3.63, 3.8) is 0 Å². The highest BCUT2D eigenvalue weighted by molar-refractivity contribution is 9.10. The van der Waals surface area contributed by atoms with Crippen LogP contribution >= 0.6 is 15.9 Å². The molecule has 1 aromatic heterocycles. The highest BCUT2D eigenvalue weighted by Crippen LogP contribution is 2.17. The molecule has 0 atom stereocenters. The molecule has 1 heterocycles. The molecule has 1 N–H and O–H groups in total. The molecule has 3 aromatic rings. The predicted octanol–water partition coefficient (Wildman–Crippen LogP) is 4.93. The van der Waals surface area contributed by atoms with E-state index < -0.39 is 0 Å². The van der Waals surface area contributed by atoms with Gasteiger partial charge in [0.15, 0.2) is 0 Å². The number of aryl methyl sites for hydroxylation is 1. The number of hydrogen-bond acceptors (Lipinski definition) is 2. The molecule has 2 aromatic carbocycles. The van der Waals surface area contributed by atoms with Gasteiger partial charge in [-0.2, -0.15) is 0 Å². The zero-order valence-electron chi connectivity index (χ0n) is 14.1. The fourth-order valence-electron chi connectivity index (χ4n) is 2.91. The molecule has 0 fully saturated rings. The summed E-state index contributed by atoms with van der Waals surface area (Å²) in [5.74, 6) is 1.14. The van der Waals surface area contributed by atoms with Crippen LogP contribution in [0.4, 0.5) is 0 Å². The summed E-state index contributed by atoms with van der Waals surface area (Å²) in [5, 5.41) is 3.55. The number of nitrogens with zero attached hydrogens (tertiary/aromatic N) is 2. The number of benzene rings is 2. The zero-order chi connectivity index (χ0) is 16.8. The Kier molecular flexibility index (Phi) is 6.05. The van der Waals surface area contributed by atoms with E-state index in [-0.39, 0.29) is 0 Å². The largest absolute Gasteiger partial charge is 0.327 e. The Balaban J connectivity index is 1.62. The summed E-state index contributed by atoms with van der Waals surface area (Å²) < 4.78 is 3.50. The molecule has 0 aliphatic rings. The second kappa shape index (κ2) is 8.45. The third kappa shape index (κ3) is 4.25. The van der Waals surface area contributed by atoms with E-state index >= 15 is 0 Å². The number of fused-ring (bicyclic) bond motifs is 1. The van der Waals surface area contributed by atoms with Gasteiger partial charge in [-0.25, -0.2) is 4.98 Å². The third-order valence-electron chi connectivity index (χ3n) is 4.26. The smallest absolute Gasteiger partial charge is 0.123 e. The van der Waals surface area contributed by atoms with Crippen LogP contribution in [0.1, 0.15) is 31.2 Å². The average Bonchev–Trinajstić information content (AvgIpc) is 2.96. The molecule has 3 rings (SSSR count). The van der Waals surface area contributed by atoms with Crippen molar-refractivity contribution in [3.05, 3.63) is 64.4 Å². The van der Waals surface area contributed by atoms with E-state index in [1.165, 1.54) is 23.9 Å². The van der Waals surface area contributed by atoms with E-state index in [0.717, 1.165) is 41.9 Å². The first kappa shape index (κ1) is 17.2. The fourth-order valence-corrected chi connectivity index (χ4v) is 3.17. The van der Waals surface area contributed by atoms with Gasteiger partial charge in [-0.05, 0) is 49.2 Å². The van der Waals surface area contributed by atoms with Gasteiger partial charge in [0.05, 0.1) is 17.6 Å². The summed E-state index contributed by atoms with van der Waals surface area (Å²) in [6.45, 7) is 5.05. The molecule has 0 saturated carbocycles. The maximum Gasteiger partial charge on any atom is 0.123 e. The minimum atomic E-state index is 0.814. The Hall–Kier alpha value is -1.65. The van der Waals surface area contributed by atoms with Crippen LogP contribution in [0.5, 0.6) is 0 Å². The van der Waals surface area contributed by atoms with Crippen LogP contribution in [0.2, 0.25) is 0 Å². The van der Waals surface area contributed by atoms with Crippen LogP contribution in [0.15, 0.2) is 53.0 Å². The second-order valence-corrected chi connectivity index (χ2v) is 6.99. The number of rotatable bonds is 8. The zero-order valence-corrected chi connectivity index (χ0v) is 15.7. The number of hydrogen-bond donors (Lipinski definition) is 1. The Morgan fingerprint density at radius 3 is 2.67 bits per heavy atom. The van der Waals surface area contributed by atoms with Crippen molar-refractivity contribution in [2.45, 2.75) is 39.3 Å². The second-order valence-electron chi connectivity index (χ2n) is 6.08. The van der Waals surface area contributed by atoms with E-state index in [2.05, 4.69) is 81.3 Å². The monoisotopic (exact) mass is 385 g/mol. The number of nitrogens with one attached hydrogen (secondary N) is 1. The highest BCUT2D eigenvalue weighted by Gasteiger charge is 2.09. The normalized spacial score (nSPS) is 11.2. The first-order chi connectivity index (χ1) is 11.8. The molecule has 126 valence electrons. The van der Waals surface area contributed by atoms with Crippen molar-refractivity contribution in [3.8, 4) is 0 Å². The molecule has 0 aliphatic carbocycles. The van der Waals surface area contributed by atoms with E-state index in [4.69, 9.17) is 4.98 Å². The van der Waals surface area contributed by atoms with Gasteiger partial charge in [-0.1, -0.05) is 53.5 Å². The summed E-state index contributed by atoms with van der Waals surface area (Å²) in [6.07, 6.45) is 3.41. The van der Waals surface area contributed by atoms with Crippen LogP contribution in [0.25, 0.3) is 11.0 Å². The fraction of sp³-hybridized carbons (Fsp3) is 0.350. The molecule has 0 saturated heterocycles. The summed E-state index contributed by atoms with van der Waals surface area (Å²) in [7, 11) is 0. The highest BCUT2D eigenvalue weighted by atomic mass is 79.9. The molecule has 4 heteroatoms. The summed E-state index contributed by atoms with van der Waals surface area (Å²) >= 11 is 3.48. The van der Waals surface area contributed by atoms with E-state index in [1.54, 1.807) is 0 Å². The van der Waals surface area contributed by atoms with Crippen molar-refractivity contribution in [2.75, 3.05) is 6.54 Å². The van der Waals surface area contributed by atoms with Crippen LogP contribution in [-0.2, 0) is 19.5 Å². The van der Waals surface area contributed by atoms with Crippen LogP contribution < -0.4 is 5.32 Å². The number of imidazole rings is 1. The topological polar surface area (TPSA) is 29.9 Å². The maximum atomic E-state index is 4.82. The number of aromatic nitrogens is 2. The average molecular weight is 386 g/mol. The minimum Gasteiger partial charge on any atom is -0.327 e. The van der Waals surface area contributed by atoms with E-state index in [1.807, 2.05) is 0 Å². The Morgan fingerprint density at radius 1 is 1.08 bits per heavy atom. The van der Waals surface area contributed by atoms with Crippen molar-refractivity contribution < 1.29 is 0 Å².